The Labute approximate surface area is 106 Å². The van der Waals surface area contributed by atoms with Crippen LogP contribution in [0.1, 0.15) is 5.56 Å². The number of nitrogens with zero attached hydrogens (tertiary/aromatic N) is 1. The summed E-state index contributed by atoms with van der Waals surface area (Å²) in [6.45, 7) is 1.86. The molecule has 0 atom stereocenters. The molecule has 0 unspecified atom stereocenters. The van der Waals surface area contributed by atoms with Crippen LogP contribution in [0.4, 0.5) is 20.3 Å². The van der Waals surface area contributed by atoms with E-state index in [9.17, 15) is 8.78 Å². The molecule has 2 nitrogen and oxygen atoms in total. The summed E-state index contributed by atoms with van der Waals surface area (Å²) >= 11 is 3.29. The van der Waals surface area contributed by atoms with E-state index in [4.69, 9.17) is 0 Å². The van der Waals surface area contributed by atoms with Gasteiger partial charge < -0.3 is 5.32 Å². The molecular formula is C12H9BrF2N2. The Kier molecular flexibility index (Phi) is 3.38. The number of hydrogen-bond donors (Lipinski definition) is 1. The standard InChI is InChI=1S/C12H9BrF2N2/c1-7-2-8(13)6-16-12(7)17-11-4-9(14)3-10(15)5-11/h2-6H,1H3,(H,16,17). The van der Waals surface area contributed by atoms with Gasteiger partial charge >= 0.3 is 0 Å². The highest BCUT2D eigenvalue weighted by molar-refractivity contribution is 9.10. The molecule has 2 aromatic rings. The molecule has 2 rings (SSSR count). The Balaban J connectivity index is 2.31. The second kappa shape index (κ2) is 4.79. The van der Waals surface area contributed by atoms with Crippen molar-refractivity contribution < 1.29 is 8.78 Å². The van der Waals surface area contributed by atoms with Crippen LogP contribution in [0.15, 0.2) is 34.9 Å². The van der Waals surface area contributed by atoms with Gasteiger partial charge in [-0.25, -0.2) is 13.8 Å². The van der Waals surface area contributed by atoms with E-state index in [0.29, 0.717) is 11.5 Å². The molecule has 0 fully saturated rings. The summed E-state index contributed by atoms with van der Waals surface area (Å²) < 4.78 is 26.8. The molecule has 1 aromatic heterocycles. The quantitative estimate of drug-likeness (QED) is 0.900. The maximum Gasteiger partial charge on any atom is 0.133 e. The predicted molar refractivity (Wildman–Crippen MR) is 66.3 cm³/mol. The molecule has 88 valence electrons. The van der Waals surface area contributed by atoms with E-state index in [1.807, 2.05) is 13.0 Å². The largest absolute Gasteiger partial charge is 0.340 e. The van der Waals surface area contributed by atoms with Crippen LogP contribution in [-0.4, -0.2) is 4.98 Å². The fourth-order valence-corrected chi connectivity index (χ4v) is 1.88. The molecule has 1 heterocycles. The zero-order chi connectivity index (χ0) is 12.4. The first kappa shape index (κ1) is 12.0. The van der Waals surface area contributed by atoms with Crippen molar-refractivity contribution in [3.05, 3.63) is 52.1 Å². The second-order valence-corrected chi connectivity index (χ2v) is 4.52. The average Bonchev–Trinajstić information content (AvgIpc) is 2.21. The van der Waals surface area contributed by atoms with Crippen molar-refractivity contribution in [2.45, 2.75) is 6.92 Å². The number of halogens is 3. The Hall–Kier alpha value is -1.49. The van der Waals surface area contributed by atoms with Gasteiger partial charge in [0.1, 0.15) is 17.5 Å². The monoisotopic (exact) mass is 298 g/mol. The number of rotatable bonds is 2. The number of aromatic nitrogens is 1. The first-order valence-electron chi connectivity index (χ1n) is 4.90. The van der Waals surface area contributed by atoms with E-state index < -0.39 is 11.6 Å². The van der Waals surface area contributed by atoms with Crippen molar-refractivity contribution in [1.29, 1.82) is 0 Å². The van der Waals surface area contributed by atoms with Crippen LogP contribution in [0.2, 0.25) is 0 Å². The molecule has 0 saturated heterocycles. The number of anilines is 2. The molecule has 0 aliphatic heterocycles. The van der Waals surface area contributed by atoms with Gasteiger partial charge in [-0.15, -0.1) is 0 Å². The second-order valence-electron chi connectivity index (χ2n) is 3.60. The smallest absolute Gasteiger partial charge is 0.133 e. The van der Waals surface area contributed by atoms with Crippen LogP contribution in [-0.2, 0) is 0 Å². The highest BCUT2D eigenvalue weighted by Gasteiger charge is 2.04. The number of aryl methyl sites for hydroxylation is 1. The summed E-state index contributed by atoms with van der Waals surface area (Å²) in [5.41, 5.74) is 1.21. The average molecular weight is 299 g/mol. The van der Waals surface area contributed by atoms with Gasteiger partial charge in [0.15, 0.2) is 0 Å². The minimum Gasteiger partial charge on any atom is -0.340 e. The molecule has 0 aliphatic carbocycles. The summed E-state index contributed by atoms with van der Waals surface area (Å²) in [6, 6.07) is 5.12. The van der Waals surface area contributed by atoms with Crippen LogP contribution >= 0.6 is 15.9 Å². The van der Waals surface area contributed by atoms with Gasteiger partial charge in [-0.2, -0.15) is 0 Å². The van der Waals surface area contributed by atoms with Gasteiger partial charge in [0.2, 0.25) is 0 Å². The van der Waals surface area contributed by atoms with E-state index in [-0.39, 0.29) is 0 Å². The van der Waals surface area contributed by atoms with E-state index in [1.165, 1.54) is 12.1 Å². The predicted octanol–water partition coefficient (Wildman–Crippen LogP) is 4.17. The first-order chi connectivity index (χ1) is 8.04. The molecule has 0 aliphatic rings. The third-order valence-electron chi connectivity index (χ3n) is 2.17. The van der Waals surface area contributed by atoms with Crippen molar-refractivity contribution in [2.24, 2.45) is 0 Å². The maximum atomic E-state index is 13.0. The van der Waals surface area contributed by atoms with Crippen molar-refractivity contribution in [2.75, 3.05) is 5.32 Å². The lowest BCUT2D eigenvalue weighted by Gasteiger charge is -2.08. The minimum atomic E-state index is -0.623. The van der Waals surface area contributed by atoms with Crippen LogP contribution in [0.5, 0.6) is 0 Å². The van der Waals surface area contributed by atoms with E-state index in [1.54, 1.807) is 6.20 Å². The molecule has 0 radical (unpaired) electrons. The number of hydrogen-bond acceptors (Lipinski definition) is 2. The number of benzene rings is 1. The molecule has 0 amide bonds. The third kappa shape index (κ3) is 3.00. The summed E-state index contributed by atoms with van der Waals surface area (Å²) in [7, 11) is 0. The third-order valence-corrected chi connectivity index (χ3v) is 2.60. The number of nitrogens with one attached hydrogen (secondary N) is 1. The van der Waals surface area contributed by atoms with E-state index in [0.717, 1.165) is 16.1 Å². The normalized spacial score (nSPS) is 10.4. The number of pyridine rings is 1. The molecule has 1 aromatic carbocycles. The molecule has 0 saturated carbocycles. The SMILES string of the molecule is Cc1cc(Br)cnc1Nc1cc(F)cc(F)c1. The van der Waals surface area contributed by atoms with Crippen LogP contribution in [0.3, 0.4) is 0 Å². The Morgan fingerprint density at radius 1 is 1.12 bits per heavy atom. The lowest BCUT2D eigenvalue weighted by molar-refractivity contribution is 0.584. The molecule has 0 bridgehead atoms. The molecule has 5 heteroatoms. The van der Waals surface area contributed by atoms with Gasteiger partial charge in [-0.3, -0.25) is 0 Å². The zero-order valence-electron chi connectivity index (χ0n) is 8.97. The van der Waals surface area contributed by atoms with Crippen LogP contribution in [0.25, 0.3) is 0 Å². The first-order valence-corrected chi connectivity index (χ1v) is 5.69. The molecule has 17 heavy (non-hydrogen) atoms. The lowest BCUT2D eigenvalue weighted by Crippen LogP contribution is -1.97. The van der Waals surface area contributed by atoms with Crippen molar-refractivity contribution in [3.63, 3.8) is 0 Å². The molecule has 1 N–H and O–H groups in total. The van der Waals surface area contributed by atoms with Crippen LogP contribution in [0, 0.1) is 18.6 Å². The molecular weight excluding hydrogens is 290 g/mol. The van der Waals surface area contributed by atoms with E-state index in [2.05, 4.69) is 26.2 Å². The zero-order valence-corrected chi connectivity index (χ0v) is 10.6. The summed E-state index contributed by atoms with van der Waals surface area (Å²) in [4.78, 5) is 4.13. The Morgan fingerprint density at radius 3 is 2.35 bits per heavy atom. The van der Waals surface area contributed by atoms with E-state index >= 15 is 0 Å². The van der Waals surface area contributed by atoms with Gasteiger partial charge in [-0.1, -0.05) is 0 Å². The lowest BCUT2D eigenvalue weighted by atomic mass is 10.2. The minimum absolute atomic E-state index is 0.334. The van der Waals surface area contributed by atoms with Crippen molar-refractivity contribution >= 4 is 27.4 Å². The van der Waals surface area contributed by atoms with Gasteiger partial charge in [0.05, 0.1) is 0 Å². The summed E-state index contributed by atoms with van der Waals surface area (Å²) in [5.74, 6) is -0.678. The Bertz CT molecular complexity index is 538. The highest BCUT2D eigenvalue weighted by Crippen LogP contribution is 2.22. The topological polar surface area (TPSA) is 24.9 Å². The highest BCUT2D eigenvalue weighted by atomic mass is 79.9. The van der Waals surface area contributed by atoms with Crippen molar-refractivity contribution in [3.8, 4) is 0 Å². The van der Waals surface area contributed by atoms with Crippen molar-refractivity contribution in [1.82, 2.24) is 4.98 Å². The van der Waals surface area contributed by atoms with Gasteiger partial charge in [0.25, 0.3) is 0 Å². The maximum absolute atomic E-state index is 13.0. The van der Waals surface area contributed by atoms with Crippen LogP contribution < -0.4 is 5.32 Å². The Morgan fingerprint density at radius 2 is 1.76 bits per heavy atom. The molecule has 0 spiro atoms. The fourth-order valence-electron chi connectivity index (χ4n) is 1.43. The van der Waals surface area contributed by atoms with Gasteiger partial charge in [-0.05, 0) is 46.6 Å². The summed E-state index contributed by atoms with van der Waals surface area (Å²) in [5, 5.41) is 2.87. The summed E-state index contributed by atoms with van der Waals surface area (Å²) in [6.07, 6.45) is 1.62. The fraction of sp³-hybridized carbons (Fsp3) is 0.0833. The van der Waals surface area contributed by atoms with Gasteiger partial charge in [0, 0.05) is 22.4 Å².